The van der Waals surface area contributed by atoms with E-state index in [1.807, 2.05) is 64.1 Å². The van der Waals surface area contributed by atoms with E-state index >= 15 is 0 Å². The molecule has 3 aromatic rings. The molecule has 0 saturated carbocycles. The maximum Gasteiger partial charge on any atom is 0.261 e. The molecule has 0 saturated heterocycles. The van der Waals surface area contributed by atoms with Gasteiger partial charge in [0.2, 0.25) is 5.91 Å². The smallest absolute Gasteiger partial charge is 0.261 e. The summed E-state index contributed by atoms with van der Waals surface area (Å²) in [6, 6.07) is 19.0. The Balaban J connectivity index is 1.93. The molecule has 0 unspecified atom stereocenters. The normalized spacial score (nSPS) is 11.6. The Morgan fingerprint density at radius 1 is 1.00 bits per heavy atom. The second kappa shape index (κ2) is 12.9. The van der Waals surface area contributed by atoms with Gasteiger partial charge >= 0.3 is 0 Å². The van der Waals surface area contributed by atoms with Crippen LogP contribution < -0.4 is 10.1 Å². The van der Waals surface area contributed by atoms with Crippen molar-refractivity contribution in [2.45, 2.75) is 53.1 Å². The molecule has 0 spiro atoms. The molecular weight excluding hydrogens is 455 g/mol. The SMILES string of the molecule is CCCNC(=O)[C@H](Cc1ccccc1)N(Cc1ccccc1F)C(=O)COc1cc(C)cc(C)c1C. The highest BCUT2D eigenvalue weighted by Gasteiger charge is 2.31. The molecule has 190 valence electrons. The van der Waals surface area contributed by atoms with Crippen LogP contribution in [-0.2, 0) is 22.6 Å². The highest BCUT2D eigenvalue weighted by atomic mass is 19.1. The fourth-order valence-electron chi connectivity index (χ4n) is 4.10. The molecular formula is C30H35FN2O3. The summed E-state index contributed by atoms with van der Waals surface area (Å²) in [6.45, 7) is 8.07. The number of nitrogens with one attached hydrogen (secondary N) is 1. The Morgan fingerprint density at radius 3 is 2.39 bits per heavy atom. The molecule has 0 heterocycles. The summed E-state index contributed by atoms with van der Waals surface area (Å²) in [7, 11) is 0. The van der Waals surface area contributed by atoms with Crippen LogP contribution in [0.2, 0.25) is 0 Å². The van der Waals surface area contributed by atoms with Crippen molar-refractivity contribution >= 4 is 11.8 Å². The van der Waals surface area contributed by atoms with E-state index in [1.54, 1.807) is 18.2 Å². The first kappa shape index (κ1) is 26.9. The Labute approximate surface area is 213 Å². The number of aryl methyl sites for hydroxylation is 2. The zero-order valence-corrected chi connectivity index (χ0v) is 21.5. The van der Waals surface area contributed by atoms with E-state index in [4.69, 9.17) is 4.74 Å². The van der Waals surface area contributed by atoms with Crippen LogP contribution in [0.3, 0.4) is 0 Å². The first-order chi connectivity index (χ1) is 17.3. The van der Waals surface area contributed by atoms with E-state index in [9.17, 15) is 14.0 Å². The Kier molecular flexibility index (Phi) is 9.62. The minimum Gasteiger partial charge on any atom is -0.483 e. The van der Waals surface area contributed by atoms with E-state index < -0.39 is 11.9 Å². The summed E-state index contributed by atoms with van der Waals surface area (Å²) in [4.78, 5) is 28.4. The predicted octanol–water partition coefficient (Wildman–Crippen LogP) is 5.30. The first-order valence-corrected chi connectivity index (χ1v) is 12.3. The number of halogens is 1. The third kappa shape index (κ3) is 7.17. The fraction of sp³-hybridized carbons (Fsp3) is 0.333. The van der Waals surface area contributed by atoms with Crippen molar-refractivity contribution in [1.29, 1.82) is 0 Å². The minimum atomic E-state index is -0.824. The molecule has 0 aliphatic heterocycles. The van der Waals surface area contributed by atoms with Crippen LogP contribution in [0.4, 0.5) is 4.39 Å². The lowest BCUT2D eigenvalue weighted by atomic mass is 10.0. The maximum absolute atomic E-state index is 14.6. The molecule has 3 rings (SSSR count). The molecule has 1 atom stereocenters. The van der Waals surface area contributed by atoms with Gasteiger partial charge < -0.3 is 15.0 Å². The number of hydrogen-bond donors (Lipinski definition) is 1. The molecule has 5 nitrogen and oxygen atoms in total. The molecule has 0 aliphatic rings. The van der Waals surface area contributed by atoms with Crippen molar-refractivity contribution in [3.05, 3.63) is 100 Å². The fourth-order valence-corrected chi connectivity index (χ4v) is 4.10. The summed E-state index contributed by atoms with van der Waals surface area (Å²) in [6.07, 6.45) is 1.07. The lowest BCUT2D eigenvalue weighted by Gasteiger charge is -2.31. The van der Waals surface area contributed by atoms with E-state index in [1.165, 1.54) is 11.0 Å². The van der Waals surface area contributed by atoms with Crippen LogP contribution in [-0.4, -0.2) is 35.9 Å². The van der Waals surface area contributed by atoms with Gasteiger partial charge in [0, 0.05) is 25.1 Å². The summed E-state index contributed by atoms with van der Waals surface area (Å²) < 4.78 is 20.6. The Morgan fingerprint density at radius 2 is 1.69 bits per heavy atom. The highest BCUT2D eigenvalue weighted by Crippen LogP contribution is 2.24. The second-order valence-corrected chi connectivity index (χ2v) is 9.10. The quantitative estimate of drug-likeness (QED) is 0.397. The molecule has 36 heavy (non-hydrogen) atoms. The van der Waals surface area contributed by atoms with Gasteiger partial charge in [0.25, 0.3) is 5.91 Å². The molecule has 0 aromatic heterocycles. The third-order valence-electron chi connectivity index (χ3n) is 6.23. The number of hydrogen-bond acceptors (Lipinski definition) is 3. The number of carbonyl (C=O) groups is 2. The maximum atomic E-state index is 14.6. The average Bonchev–Trinajstić information content (AvgIpc) is 2.87. The topological polar surface area (TPSA) is 58.6 Å². The molecule has 3 aromatic carbocycles. The zero-order chi connectivity index (χ0) is 26.1. The van der Waals surface area contributed by atoms with Gasteiger partial charge in [-0.3, -0.25) is 9.59 Å². The number of amides is 2. The van der Waals surface area contributed by atoms with Gasteiger partial charge in [-0.1, -0.05) is 61.5 Å². The summed E-state index contributed by atoms with van der Waals surface area (Å²) in [5.41, 5.74) is 4.31. The summed E-state index contributed by atoms with van der Waals surface area (Å²) in [5.74, 6) is -0.451. The number of rotatable bonds is 11. The van der Waals surface area contributed by atoms with Crippen LogP contribution in [0, 0.1) is 26.6 Å². The van der Waals surface area contributed by atoms with Crippen LogP contribution in [0.1, 0.15) is 41.2 Å². The van der Waals surface area contributed by atoms with Gasteiger partial charge in [-0.2, -0.15) is 0 Å². The molecule has 2 amide bonds. The number of benzene rings is 3. The van der Waals surface area contributed by atoms with Crippen molar-refractivity contribution in [2.75, 3.05) is 13.2 Å². The lowest BCUT2D eigenvalue weighted by molar-refractivity contribution is -0.142. The lowest BCUT2D eigenvalue weighted by Crippen LogP contribution is -2.52. The predicted molar refractivity (Wildman–Crippen MR) is 140 cm³/mol. The van der Waals surface area contributed by atoms with Crippen molar-refractivity contribution in [2.24, 2.45) is 0 Å². The number of carbonyl (C=O) groups excluding carboxylic acids is 2. The zero-order valence-electron chi connectivity index (χ0n) is 21.5. The van der Waals surface area contributed by atoms with Crippen LogP contribution in [0.5, 0.6) is 5.75 Å². The van der Waals surface area contributed by atoms with Crippen LogP contribution >= 0.6 is 0 Å². The monoisotopic (exact) mass is 490 g/mol. The van der Waals surface area contributed by atoms with E-state index in [0.717, 1.165) is 28.7 Å². The van der Waals surface area contributed by atoms with Crippen LogP contribution in [0.25, 0.3) is 0 Å². The molecule has 6 heteroatoms. The Bertz CT molecular complexity index is 1180. The van der Waals surface area contributed by atoms with Crippen molar-refractivity contribution in [3.63, 3.8) is 0 Å². The molecule has 0 bridgehead atoms. The van der Waals surface area contributed by atoms with Gasteiger partial charge in [-0.25, -0.2) is 4.39 Å². The average molecular weight is 491 g/mol. The number of ether oxygens (including phenoxy) is 1. The van der Waals surface area contributed by atoms with Crippen molar-refractivity contribution in [3.8, 4) is 5.75 Å². The highest BCUT2D eigenvalue weighted by molar-refractivity contribution is 5.88. The van der Waals surface area contributed by atoms with E-state index in [2.05, 4.69) is 11.4 Å². The van der Waals surface area contributed by atoms with E-state index in [0.29, 0.717) is 24.3 Å². The molecule has 0 aliphatic carbocycles. The van der Waals surface area contributed by atoms with Gasteiger partial charge in [-0.15, -0.1) is 0 Å². The van der Waals surface area contributed by atoms with Crippen molar-refractivity contribution < 1.29 is 18.7 Å². The van der Waals surface area contributed by atoms with E-state index in [-0.39, 0.29) is 25.0 Å². The van der Waals surface area contributed by atoms with Gasteiger partial charge in [0.1, 0.15) is 17.6 Å². The standard InChI is InChI=1S/C30H35FN2O3/c1-5-15-32-30(35)27(18-24-11-7-6-8-12-24)33(19-25-13-9-10-14-26(25)31)29(34)20-36-28-17-21(2)16-22(3)23(28)4/h6-14,16-17,27H,5,15,18-20H2,1-4H3,(H,32,35)/t27-/m0/s1. The summed E-state index contributed by atoms with van der Waals surface area (Å²) >= 11 is 0. The third-order valence-corrected chi connectivity index (χ3v) is 6.23. The van der Waals surface area contributed by atoms with Crippen molar-refractivity contribution in [1.82, 2.24) is 10.2 Å². The van der Waals surface area contributed by atoms with Gasteiger partial charge in [-0.05, 0) is 61.6 Å². The molecule has 1 N–H and O–H groups in total. The summed E-state index contributed by atoms with van der Waals surface area (Å²) in [5, 5.41) is 2.92. The minimum absolute atomic E-state index is 0.0439. The van der Waals surface area contributed by atoms with Gasteiger partial charge in [0.05, 0.1) is 0 Å². The Hall–Kier alpha value is -3.67. The van der Waals surface area contributed by atoms with Gasteiger partial charge in [0.15, 0.2) is 6.61 Å². The number of nitrogens with zero attached hydrogens (tertiary/aromatic N) is 1. The first-order valence-electron chi connectivity index (χ1n) is 12.3. The largest absolute Gasteiger partial charge is 0.483 e. The second-order valence-electron chi connectivity index (χ2n) is 9.10. The molecule has 0 radical (unpaired) electrons. The molecule has 0 fully saturated rings. The van der Waals surface area contributed by atoms with Crippen LogP contribution in [0.15, 0.2) is 66.7 Å².